The van der Waals surface area contributed by atoms with Crippen molar-refractivity contribution in [3.63, 3.8) is 0 Å². The number of rotatable bonds is 3. The van der Waals surface area contributed by atoms with Crippen molar-refractivity contribution in [3.8, 4) is 0 Å². The van der Waals surface area contributed by atoms with E-state index in [9.17, 15) is 9.46 Å². The van der Waals surface area contributed by atoms with Gasteiger partial charge in [-0.25, -0.2) is 0 Å². The monoisotopic (exact) mass is 134 g/mol. The first kappa shape index (κ1) is 8.06. The first-order valence-electron chi connectivity index (χ1n) is 2.85. The van der Waals surface area contributed by atoms with Crippen LogP contribution in [0.2, 0.25) is 0 Å². The van der Waals surface area contributed by atoms with Gasteiger partial charge in [0.2, 0.25) is 0 Å². The fourth-order valence-corrected chi connectivity index (χ4v) is 1.18. The van der Waals surface area contributed by atoms with E-state index in [0.717, 1.165) is 12.8 Å². The molecule has 0 heterocycles. The van der Waals surface area contributed by atoms with Crippen LogP contribution < -0.4 is 4.89 Å². The molecule has 0 rings (SSSR count). The lowest BCUT2D eigenvalue weighted by atomic mass is 10.3. The summed E-state index contributed by atoms with van der Waals surface area (Å²) in [6.45, 7) is 3.78. The van der Waals surface area contributed by atoms with Gasteiger partial charge in [-0.2, -0.15) is 0 Å². The SMILES string of the molecule is CCC(CC)[P+](=O)[O-]. The van der Waals surface area contributed by atoms with E-state index in [0.29, 0.717) is 0 Å². The predicted octanol–water partition coefficient (Wildman–Crippen LogP) is 1.28. The lowest BCUT2D eigenvalue weighted by Gasteiger charge is -1.98. The fourth-order valence-electron chi connectivity index (χ4n) is 0.587. The van der Waals surface area contributed by atoms with Gasteiger partial charge in [0.15, 0.2) is 5.66 Å². The summed E-state index contributed by atoms with van der Waals surface area (Å²) in [5.41, 5.74) is -0.0926. The van der Waals surface area contributed by atoms with E-state index in [4.69, 9.17) is 0 Å². The van der Waals surface area contributed by atoms with E-state index < -0.39 is 8.03 Å². The molecule has 0 radical (unpaired) electrons. The Morgan fingerprint density at radius 3 is 1.88 bits per heavy atom. The van der Waals surface area contributed by atoms with Gasteiger partial charge < -0.3 is 4.89 Å². The maximum atomic E-state index is 10.2. The molecule has 3 heteroatoms. The van der Waals surface area contributed by atoms with Gasteiger partial charge >= 0.3 is 8.03 Å². The van der Waals surface area contributed by atoms with E-state index in [1.165, 1.54) is 0 Å². The predicted molar refractivity (Wildman–Crippen MR) is 32.0 cm³/mol. The minimum Gasteiger partial charge on any atom is -0.595 e. The second-order valence-corrected chi connectivity index (χ2v) is 3.06. The Hall–Kier alpha value is 0.0600. The molecule has 8 heavy (non-hydrogen) atoms. The molecule has 0 bridgehead atoms. The smallest absolute Gasteiger partial charge is 0.311 e. The molecule has 0 amide bonds. The summed E-state index contributed by atoms with van der Waals surface area (Å²) in [6.07, 6.45) is 1.49. The van der Waals surface area contributed by atoms with Gasteiger partial charge in [0.1, 0.15) is 0 Å². The van der Waals surface area contributed by atoms with Gasteiger partial charge in [-0.05, 0) is 12.8 Å². The molecule has 0 aliphatic carbocycles. The minimum atomic E-state index is -2.16. The number of hydrogen-bond acceptors (Lipinski definition) is 2. The molecule has 0 saturated carbocycles. The molecule has 0 N–H and O–H groups in total. The zero-order chi connectivity index (χ0) is 6.57. The summed E-state index contributed by atoms with van der Waals surface area (Å²) in [4.78, 5) is 10.2. The second kappa shape index (κ2) is 3.99. The van der Waals surface area contributed by atoms with Crippen LogP contribution in [0.3, 0.4) is 0 Å². The van der Waals surface area contributed by atoms with Crippen molar-refractivity contribution >= 4 is 8.03 Å². The van der Waals surface area contributed by atoms with Crippen LogP contribution in [0.1, 0.15) is 26.7 Å². The average Bonchev–Trinajstić information content (AvgIpc) is 1.69. The third-order valence-electron chi connectivity index (χ3n) is 1.24. The lowest BCUT2D eigenvalue weighted by Crippen LogP contribution is -2.04. The van der Waals surface area contributed by atoms with Crippen LogP contribution in [-0.4, -0.2) is 5.66 Å². The van der Waals surface area contributed by atoms with Gasteiger partial charge in [-0.3, -0.25) is 0 Å². The molecule has 48 valence electrons. The van der Waals surface area contributed by atoms with Crippen molar-refractivity contribution < 1.29 is 9.46 Å². The van der Waals surface area contributed by atoms with E-state index in [1.54, 1.807) is 0 Å². The molecule has 0 aromatic carbocycles. The molecule has 2 nitrogen and oxygen atoms in total. The summed E-state index contributed by atoms with van der Waals surface area (Å²) >= 11 is 0. The molecular weight excluding hydrogens is 123 g/mol. The van der Waals surface area contributed by atoms with Crippen molar-refractivity contribution in [1.29, 1.82) is 0 Å². The molecule has 0 aliphatic heterocycles. The van der Waals surface area contributed by atoms with Gasteiger partial charge in [-0.15, -0.1) is 0 Å². The molecule has 1 atom stereocenters. The van der Waals surface area contributed by atoms with Gasteiger partial charge in [0.05, 0.1) is 0 Å². The van der Waals surface area contributed by atoms with E-state index in [2.05, 4.69) is 0 Å². The highest BCUT2D eigenvalue weighted by Gasteiger charge is 2.14. The fraction of sp³-hybridized carbons (Fsp3) is 1.00. The van der Waals surface area contributed by atoms with Crippen molar-refractivity contribution in [1.82, 2.24) is 0 Å². The Kier molecular flexibility index (Phi) is 4.02. The molecular formula is C5H11O2P. The zero-order valence-electron chi connectivity index (χ0n) is 5.26. The van der Waals surface area contributed by atoms with Crippen LogP contribution in [0.4, 0.5) is 0 Å². The van der Waals surface area contributed by atoms with Crippen molar-refractivity contribution in [2.45, 2.75) is 32.3 Å². The van der Waals surface area contributed by atoms with Crippen LogP contribution in [-0.2, 0) is 4.57 Å². The Balaban J connectivity index is 3.52. The lowest BCUT2D eigenvalue weighted by molar-refractivity contribution is -0.166. The van der Waals surface area contributed by atoms with Crippen molar-refractivity contribution in [2.24, 2.45) is 0 Å². The first-order valence-corrected chi connectivity index (χ1v) is 4.10. The summed E-state index contributed by atoms with van der Waals surface area (Å²) < 4.78 is 10.2. The van der Waals surface area contributed by atoms with Gasteiger partial charge in [0.25, 0.3) is 0 Å². The largest absolute Gasteiger partial charge is 0.595 e. The highest BCUT2D eigenvalue weighted by atomic mass is 31.1. The Morgan fingerprint density at radius 1 is 1.50 bits per heavy atom. The van der Waals surface area contributed by atoms with Crippen molar-refractivity contribution in [3.05, 3.63) is 0 Å². The Labute approximate surface area is 50.8 Å². The Bertz CT molecular complexity index is 78.5. The van der Waals surface area contributed by atoms with Crippen LogP contribution in [0, 0.1) is 0 Å². The van der Waals surface area contributed by atoms with Gasteiger partial charge in [-0.1, -0.05) is 18.4 Å². The topological polar surface area (TPSA) is 40.1 Å². The van der Waals surface area contributed by atoms with Crippen molar-refractivity contribution in [2.75, 3.05) is 0 Å². The van der Waals surface area contributed by atoms with Crippen LogP contribution >= 0.6 is 8.03 Å². The Morgan fingerprint density at radius 2 is 1.88 bits per heavy atom. The maximum absolute atomic E-state index is 10.2. The minimum absolute atomic E-state index is 0.0926. The van der Waals surface area contributed by atoms with Crippen LogP contribution in [0.5, 0.6) is 0 Å². The standard InChI is InChI=1S/C5H11O2P/c1-3-5(4-2)8(6)7/h5H,3-4H2,1-2H3. The maximum Gasteiger partial charge on any atom is 0.311 e. The van der Waals surface area contributed by atoms with E-state index in [1.807, 2.05) is 13.8 Å². The molecule has 0 fully saturated rings. The van der Waals surface area contributed by atoms with Crippen LogP contribution in [0.25, 0.3) is 0 Å². The van der Waals surface area contributed by atoms with Crippen LogP contribution in [0.15, 0.2) is 0 Å². The first-order chi connectivity index (χ1) is 3.72. The molecule has 0 aliphatic rings. The molecule has 0 aromatic rings. The highest BCUT2D eigenvalue weighted by molar-refractivity contribution is 7.37. The highest BCUT2D eigenvalue weighted by Crippen LogP contribution is 2.22. The normalized spacial score (nSPS) is 12.2. The van der Waals surface area contributed by atoms with E-state index in [-0.39, 0.29) is 5.66 Å². The zero-order valence-corrected chi connectivity index (χ0v) is 6.15. The summed E-state index contributed by atoms with van der Waals surface area (Å²) in [5, 5.41) is 0. The summed E-state index contributed by atoms with van der Waals surface area (Å²) in [5.74, 6) is 0. The van der Waals surface area contributed by atoms with Gasteiger partial charge in [0, 0.05) is 0 Å². The van der Waals surface area contributed by atoms with E-state index >= 15 is 0 Å². The second-order valence-electron chi connectivity index (χ2n) is 1.76. The molecule has 1 unspecified atom stereocenters. The summed E-state index contributed by atoms with van der Waals surface area (Å²) in [7, 11) is -2.16. The average molecular weight is 134 g/mol. The molecule has 0 spiro atoms. The quantitative estimate of drug-likeness (QED) is 0.545. The molecule has 0 saturated heterocycles. The third-order valence-corrected chi connectivity index (χ3v) is 2.57. The molecule has 0 aromatic heterocycles. The third kappa shape index (κ3) is 2.39. The summed E-state index contributed by atoms with van der Waals surface area (Å²) in [6, 6.07) is 0. The number of hydrogen-bond donors (Lipinski definition) is 0.